The van der Waals surface area contributed by atoms with Gasteiger partial charge in [-0.05, 0) is 12.5 Å². The lowest BCUT2D eigenvalue weighted by Crippen LogP contribution is -2.03. The Hall–Kier alpha value is -1.22. The highest BCUT2D eigenvalue weighted by atomic mass is 35.5. The molecule has 0 amide bonds. The second-order valence-electron chi connectivity index (χ2n) is 3.71. The Balaban J connectivity index is 3.07. The number of unbranched alkanes of at least 4 members (excludes halogenated alkanes) is 1. The van der Waals surface area contributed by atoms with Crippen molar-refractivity contribution in [3.63, 3.8) is 0 Å². The molecular formula is C13H17ClO3. The van der Waals surface area contributed by atoms with Gasteiger partial charge in [-0.3, -0.25) is 4.79 Å². The summed E-state index contributed by atoms with van der Waals surface area (Å²) in [6, 6.07) is 3.25. The smallest absolute Gasteiger partial charge is 0.166 e. The molecule has 0 radical (unpaired) electrons. The van der Waals surface area contributed by atoms with Crippen molar-refractivity contribution in [3.05, 3.63) is 22.7 Å². The number of hydrogen-bond acceptors (Lipinski definition) is 3. The number of Topliss-reactive ketones (excluding diaryl/α,β-unsaturated/α-hetero) is 1. The van der Waals surface area contributed by atoms with Crippen LogP contribution in [0, 0.1) is 0 Å². The summed E-state index contributed by atoms with van der Waals surface area (Å²) in [5.74, 6) is 1.04. The lowest BCUT2D eigenvalue weighted by molar-refractivity contribution is 0.0976. The summed E-state index contributed by atoms with van der Waals surface area (Å²) in [5.41, 5.74) is 0.530. The van der Waals surface area contributed by atoms with Crippen LogP contribution in [-0.2, 0) is 0 Å². The van der Waals surface area contributed by atoms with Crippen LogP contribution in [0.3, 0.4) is 0 Å². The van der Waals surface area contributed by atoms with Gasteiger partial charge in [0.15, 0.2) is 5.78 Å². The maximum absolute atomic E-state index is 12.0. The SMILES string of the molecule is CCCCC(=O)c1cc(OC)c(Cl)cc1OC. The normalized spacial score (nSPS) is 10.1. The van der Waals surface area contributed by atoms with Gasteiger partial charge in [-0.2, -0.15) is 0 Å². The van der Waals surface area contributed by atoms with Crippen LogP contribution in [0.1, 0.15) is 36.5 Å². The van der Waals surface area contributed by atoms with Crippen LogP contribution < -0.4 is 9.47 Å². The molecule has 0 bridgehead atoms. The summed E-state index contributed by atoms with van der Waals surface area (Å²) in [6.07, 6.45) is 2.36. The number of carbonyl (C=O) groups is 1. The van der Waals surface area contributed by atoms with Gasteiger partial charge in [0.1, 0.15) is 11.5 Å². The predicted molar refractivity (Wildman–Crippen MR) is 68.4 cm³/mol. The number of hydrogen-bond donors (Lipinski definition) is 0. The van der Waals surface area contributed by atoms with Gasteiger partial charge in [-0.15, -0.1) is 0 Å². The topological polar surface area (TPSA) is 35.5 Å². The molecule has 1 aromatic rings. The third-order valence-corrected chi connectivity index (χ3v) is 2.83. The molecule has 0 aliphatic heterocycles. The quantitative estimate of drug-likeness (QED) is 0.728. The van der Waals surface area contributed by atoms with Gasteiger partial charge in [0.25, 0.3) is 0 Å². The van der Waals surface area contributed by atoms with Gasteiger partial charge in [0, 0.05) is 12.5 Å². The molecule has 0 unspecified atom stereocenters. The van der Waals surface area contributed by atoms with Gasteiger partial charge in [0.2, 0.25) is 0 Å². The van der Waals surface area contributed by atoms with E-state index >= 15 is 0 Å². The van der Waals surface area contributed by atoms with Crippen molar-refractivity contribution >= 4 is 17.4 Å². The summed E-state index contributed by atoms with van der Waals surface area (Å²) < 4.78 is 10.3. The summed E-state index contributed by atoms with van der Waals surface area (Å²) in [7, 11) is 3.04. The summed E-state index contributed by atoms with van der Waals surface area (Å²) in [5, 5.41) is 0.441. The fraction of sp³-hybridized carbons (Fsp3) is 0.462. The second kappa shape index (κ2) is 6.50. The van der Waals surface area contributed by atoms with Gasteiger partial charge in [-0.25, -0.2) is 0 Å². The minimum atomic E-state index is 0.0543. The van der Waals surface area contributed by atoms with Crippen LogP contribution in [-0.4, -0.2) is 20.0 Å². The van der Waals surface area contributed by atoms with Gasteiger partial charge in [0.05, 0.1) is 24.8 Å². The Bertz CT molecular complexity index is 402. The van der Waals surface area contributed by atoms with Crippen LogP contribution in [0.15, 0.2) is 12.1 Å². The lowest BCUT2D eigenvalue weighted by Gasteiger charge is -2.11. The van der Waals surface area contributed by atoms with E-state index in [1.807, 2.05) is 6.92 Å². The molecule has 0 fully saturated rings. The van der Waals surface area contributed by atoms with Crippen molar-refractivity contribution in [3.8, 4) is 11.5 Å². The zero-order valence-corrected chi connectivity index (χ0v) is 11.1. The van der Waals surface area contributed by atoms with Crippen LogP contribution in [0.4, 0.5) is 0 Å². The number of benzene rings is 1. The number of ether oxygens (including phenoxy) is 2. The van der Waals surface area contributed by atoms with Crippen molar-refractivity contribution in [1.29, 1.82) is 0 Å². The average Bonchev–Trinajstić information content (AvgIpc) is 2.35. The van der Waals surface area contributed by atoms with E-state index in [1.165, 1.54) is 14.2 Å². The molecule has 0 aliphatic rings. The van der Waals surface area contributed by atoms with E-state index < -0.39 is 0 Å². The van der Waals surface area contributed by atoms with E-state index in [0.717, 1.165) is 12.8 Å². The first kappa shape index (κ1) is 13.8. The van der Waals surface area contributed by atoms with Crippen molar-refractivity contribution in [2.24, 2.45) is 0 Å². The average molecular weight is 257 g/mol. The van der Waals surface area contributed by atoms with E-state index in [4.69, 9.17) is 21.1 Å². The van der Waals surface area contributed by atoms with Crippen molar-refractivity contribution in [1.82, 2.24) is 0 Å². The molecule has 0 spiro atoms. The van der Waals surface area contributed by atoms with Gasteiger partial charge >= 0.3 is 0 Å². The fourth-order valence-corrected chi connectivity index (χ4v) is 1.78. The highest BCUT2D eigenvalue weighted by Gasteiger charge is 2.15. The second-order valence-corrected chi connectivity index (χ2v) is 4.12. The highest BCUT2D eigenvalue weighted by Crippen LogP contribution is 2.33. The minimum Gasteiger partial charge on any atom is -0.496 e. The third-order valence-electron chi connectivity index (χ3n) is 2.53. The number of methoxy groups -OCH3 is 2. The van der Waals surface area contributed by atoms with E-state index in [1.54, 1.807) is 12.1 Å². The van der Waals surface area contributed by atoms with Crippen LogP contribution >= 0.6 is 11.6 Å². The summed E-state index contributed by atoms with van der Waals surface area (Å²) in [4.78, 5) is 12.0. The van der Waals surface area contributed by atoms with Crippen LogP contribution in [0.25, 0.3) is 0 Å². The molecule has 0 saturated carbocycles. The largest absolute Gasteiger partial charge is 0.496 e. The molecule has 3 nitrogen and oxygen atoms in total. The molecule has 0 atom stereocenters. The fourth-order valence-electron chi connectivity index (χ4n) is 1.55. The first-order valence-corrected chi connectivity index (χ1v) is 5.96. The van der Waals surface area contributed by atoms with E-state index in [9.17, 15) is 4.79 Å². The monoisotopic (exact) mass is 256 g/mol. The number of ketones is 1. The lowest BCUT2D eigenvalue weighted by atomic mass is 10.0. The Morgan fingerprint density at radius 1 is 1.24 bits per heavy atom. The predicted octanol–water partition coefficient (Wildman–Crippen LogP) is 3.73. The van der Waals surface area contributed by atoms with E-state index in [2.05, 4.69) is 0 Å². The molecule has 17 heavy (non-hydrogen) atoms. The minimum absolute atomic E-state index is 0.0543. The standard InChI is InChI=1S/C13H17ClO3/c1-4-5-6-11(15)9-7-13(17-3)10(14)8-12(9)16-2/h7-8H,4-6H2,1-3H3. The molecule has 94 valence electrons. The first-order chi connectivity index (χ1) is 8.13. The molecule has 4 heteroatoms. The molecule has 1 aromatic carbocycles. The highest BCUT2D eigenvalue weighted by molar-refractivity contribution is 6.32. The molecule has 0 aromatic heterocycles. The van der Waals surface area contributed by atoms with Crippen molar-refractivity contribution in [2.45, 2.75) is 26.2 Å². The first-order valence-electron chi connectivity index (χ1n) is 5.58. The van der Waals surface area contributed by atoms with Crippen LogP contribution in [0.2, 0.25) is 5.02 Å². The number of halogens is 1. The number of rotatable bonds is 6. The third kappa shape index (κ3) is 3.37. The van der Waals surface area contributed by atoms with Crippen molar-refractivity contribution in [2.75, 3.05) is 14.2 Å². The molecule has 0 N–H and O–H groups in total. The van der Waals surface area contributed by atoms with Crippen LogP contribution in [0.5, 0.6) is 11.5 Å². The maximum Gasteiger partial charge on any atom is 0.166 e. The zero-order valence-electron chi connectivity index (χ0n) is 10.4. The molecule has 0 saturated heterocycles. The Morgan fingerprint density at radius 3 is 2.41 bits per heavy atom. The van der Waals surface area contributed by atoms with E-state index in [-0.39, 0.29) is 5.78 Å². The summed E-state index contributed by atoms with van der Waals surface area (Å²) >= 11 is 5.97. The summed E-state index contributed by atoms with van der Waals surface area (Å²) in [6.45, 7) is 2.05. The Kier molecular flexibility index (Phi) is 5.29. The van der Waals surface area contributed by atoms with Gasteiger partial charge in [-0.1, -0.05) is 24.9 Å². The maximum atomic E-state index is 12.0. The van der Waals surface area contributed by atoms with Crippen molar-refractivity contribution < 1.29 is 14.3 Å². The Labute approximate surface area is 107 Å². The van der Waals surface area contributed by atoms with Gasteiger partial charge < -0.3 is 9.47 Å². The number of carbonyl (C=O) groups excluding carboxylic acids is 1. The zero-order chi connectivity index (χ0) is 12.8. The Morgan fingerprint density at radius 2 is 1.88 bits per heavy atom. The molecule has 1 rings (SSSR count). The van der Waals surface area contributed by atoms with E-state index in [0.29, 0.717) is 28.5 Å². The molecule has 0 aliphatic carbocycles. The molecular weight excluding hydrogens is 240 g/mol. The molecule has 0 heterocycles.